The van der Waals surface area contributed by atoms with Gasteiger partial charge in [0.25, 0.3) is 5.91 Å². The topological polar surface area (TPSA) is 151 Å². The summed E-state index contributed by atoms with van der Waals surface area (Å²) in [6.45, 7) is 6.03. The minimum atomic E-state index is -4.52. The van der Waals surface area contributed by atoms with Crippen molar-refractivity contribution in [3.63, 3.8) is 0 Å². The largest absolute Gasteiger partial charge is 0.490 e. The maximum Gasteiger partial charge on any atom is 0.416 e. The zero-order valence-electron chi connectivity index (χ0n) is 30.6. The quantitative estimate of drug-likeness (QED) is 0.201. The number of nitrogens with zero attached hydrogens (tertiary/aromatic N) is 2. The molecule has 292 valence electrons. The van der Waals surface area contributed by atoms with Crippen LogP contribution in [0, 0.1) is 5.92 Å². The van der Waals surface area contributed by atoms with Crippen LogP contribution in [-0.4, -0.2) is 91.3 Å². The van der Waals surface area contributed by atoms with Crippen molar-refractivity contribution in [2.24, 2.45) is 5.92 Å². The minimum Gasteiger partial charge on any atom is -0.490 e. The fourth-order valence-electron chi connectivity index (χ4n) is 6.04. The van der Waals surface area contributed by atoms with Crippen LogP contribution >= 0.6 is 0 Å². The average molecular weight is 758 g/mol. The molecule has 3 aromatic rings. The van der Waals surface area contributed by atoms with Gasteiger partial charge in [0.2, 0.25) is 6.79 Å². The van der Waals surface area contributed by atoms with E-state index in [1.165, 1.54) is 15.9 Å². The molecule has 0 unspecified atom stereocenters. The second-order valence-electron chi connectivity index (χ2n) is 13.5. The van der Waals surface area contributed by atoms with Gasteiger partial charge in [-0.3, -0.25) is 4.79 Å². The van der Waals surface area contributed by atoms with Gasteiger partial charge in [-0.1, -0.05) is 6.92 Å². The van der Waals surface area contributed by atoms with Gasteiger partial charge in [-0.05, 0) is 87.7 Å². The Morgan fingerprint density at radius 2 is 1.57 bits per heavy atom. The Kier molecular flexibility index (Phi) is 13.1. The summed E-state index contributed by atoms with van der Waals surface area (Å²) in [5.41, 5.74) is 0.181. The number of hydrogen-bond donors (Lipinski definition) is 4. The van der Waals surface area contributed by atoms with Gasteiger partial charge in [-0.15, -0.1) is 0 Å². The van der Waals surface area contributed by atoms with Gasteiger partial charge in [-0.2, -0.15) is 13.2 Å². The van der Waals surface area contributed by atoms with E-state index in [4.69, 9.17) is 18.9 Å². The number of carbonyl (C=O) groups is 3. The molecule has 5 amide bonds. The fraction of sp³-hybridized carbons (Fsp3) is 0.447. The lowest BCUT2D eigenvalue weighted by Crippen LogP contribution is -2.48. The lowest BCUT2D eigenvalue weighted by molar-refractivity contribution is -0.137. The third-order valence-electron chi connectivity index (χ3n) is 9.20. The van der Waals surface area contributed by atoms with E-state index in [1.54, 1.807) is 44.3 Å². The number of ether oxygens (including phenoxy) is 4. The number of amides is 5. The van der Waals surface area contributed by atoms with Crippen molar-refractivity contribution in [3.8, 4) is 17.2 Å². The smallest absolute Gasteiger partial charge is 0.416 e. The predicted molar refractivity (Wildman–Crippen MR) is 195 cm³/mol. The van der Waals surface area contributed by atoms with Crippen molar-refractivity contribution < 1.29 is 51.6 Å². The van der Waals surface area contributed by atoms with Gasteiger partial charge < -0.3 is 49.8 Å². The van der Waals surface area contributed by atoms with Crippen LogP contribution < -0.4 is 30.2 Å². The highest BCUT2D eigenvalue weighted by atomic mass is 19.4. The van der Waals surface area contributed by atoms with E-state index in [9.17, 15) is 32.7 Å². The first kappa shape index (κ1) is 40.0. The summed E-state index contributed by atoms with van der Waals surface area (Å²) in [7, 11) is 1.65. The monoisotopic (exact) mass is 757 g/mol. The van der Waals surface area contributed by atoms with Crippen LogP contribution in [0.1, 0.15) is 56.0 Å². The zero-order valence-corrected chi connectivity index (χ0v) is 30.6. The summed E-state index contributed by atoms with van der Waals surface area (Å²) in [6.07, 6.45) is -3.14. The number of anilines is 3. The number of benzene rings is 3. The Morgan fingerprint density at radius 1 is 0.926 bits per heavy atom. The van der Waals surface area contributed by atoms with Crippen LogP contribution in [0.5, 0.6) is 17.2 Å². The van der Waals surface area contributed by atoms with E-state index in [1.807, 2.05) is 13.8 Å². The molecular formula is C38H46F3N5O8. The van der Waals surface area contributed by atoms with Gasteiger partial charge >= 0.3 is 18.2 Å². The predicted octanol–water partition coefficient (Wildman–Crippen LogP) is 7.04. The number of fused-ring (bicyclic) bond motifs is 2. The second-order valence-corrected chi connectivity index (χ2v) is 13.5. The molecular weight excluding hydrogens is 711 g/mol. The highest BCUT2D eigenvalue weighted by Crippen LogP contribution is 2.35. The summed E-state index contributed by atoms with van der Waals surface area (Å²) in [4.78, 5) is 43.5. The molecule has 5 rings (SSSR count). The standard InChI is InChI=1S/C38H46F3N5O8/c1-23-19-46(24(2)21-47)35(48)30-17-28(43-36(49)42-27-10-8-26(9-11-27)38(39,40)41)12-14-31(30)54-25(3)7-5-6-16-51-34(23)20-45(4)37(50)44-29-13-15-32-33(18-29)53-22-52-32/h8-15,17-18,23-25,34,47H,5-7,16,19-22H2,1-4H3,(H,44,50)(H2,42,43,49)/t23-,24+,25-,34+/m1/s1. The Labute approximate surface area is 311 Å². The van der Waals surface area contributed by atoms with Gasteiger partial charge in [0.15, 0.2) is 11.5 Å². The molecule has 4 N–H and O–H groups in total. The van der Waals surface area contributed by atoms with E-state index in [-0.39, 0.29) is 67.2 Å². The van der Waals surface area contributed by atoms with Crippen molar-refractivity contribution in [3.05, 3.63) is 71.8 Å². The summed E-state index contributed by atoms with van der Waals surface area (Å²) >= 11 is 0. The van der Waals surface area contributed by atoms with Gasteiger partial charge in [0.1, 0.15) is 5.75 Å². The summed E-state index contributed by atoms with van der Waals surface area (Å²) in [6, 6.07) is 12.0. The number of aliphatic hydroxyl groups excluding tert-OH is 1. The van der Waals surface area contributed by atoms with Gasteiger partial charge in [0.05, 0.1) is 36.0 Å². The summed E-state index contributed by atoms with van der Waals surface area (Å²) < 4.78 is 62.3. The van der Waals surface area contributed by atoms with E-state index < -0.39 is 35.8 Å². The molecule has 2 aliphatic heterocycles. The normalized spacial score (nSPS) is 19.8. The lowest BCUT2D eigenvalue weighted by Gasteiger charge is -2.35. The summed E-state index contributed by atoms with van der Waals surface area (Å²) in [5, 5.41) is 18.2. The van der Waals surface area contributed by atoms with Crippen LogP contribution in [0.2, 0.25) is 0 Å². The SMILES string of the molecule is C[C@@H]1CCCCO[C@@H](CN(C)C(=O)Nc2ccc3c(c2)OCO3)[C@H](C)CN([C@@H](C)CO)C(=O)c2cc(NC(=O)Nc3ccc(C(F)(F)F)cc3)ccc2O1. The number of nitrogens with one attached hydrogen (secondary N) is 3. The molecule has 0 bridgehead atoms. The number of rotatable bonds is 7. The molecule has 0 spiro atoms. The van der Waals surface area contributed by atoms with Gasteiger partial charge in [-0.25, -0.2) is 9.59 Å². The van der Waals surface area contributed by atoms with Crippen LogP contribution in [0.4, 0.5) is 39.8 Å². The number of halogens is 3. The molecule has 0 radical (unpaired) electrons. The molecule has 0 aliphatic carbocycles. The van der Waals surface area contributed by atoms with E-state index in [0.29, 0.717) is 30.2 Å². The van der Waals surface area contributed by atoms with Crippen LogP contribution in [-0.2, 0) is 10.9 Å². The number of urea groups is 2. The van der Waals surface area contributed by atoms with Gasteiger partial charge in [0, 0.05) is 55.8 Å². The maximum absolute atomic E-state index is 14.4. The fourth-order valence-corrected chi connectivity index (χ4v) is 6.04. The molecule has 4 atom stereocenters. The van der Waals surface area contributed by atoms with Crippen molar-refractivity contribution in [1.29, 1.82) is 0 Å². The van der Waals surface area contributed by atoms with Crippen molar-refractivity contribution >= 4 is 35.0 Å². The van der Waals surface area contributed by atoms with Crippen molar-refractivity contribution in [2.45, 2.75) is 64.5 Å². The van der Waals surface area contributed by atoms with E-state index in [2.05, 4.69) is 16.0 Å². The Balaban J connectivity index is 1.34. The van der Waals surface area contributed by atoms with Crippen LogP contribution in [0.3, 0.4) is 0 Å². The van der Waals surface area contributed by atoms with E-state index >= 15 is 0 Å². The maximum atomic E-state index is 14.4. The van der Waals surface area contributed by atoms with Crippen molar-refractivity contribution in [1.82, 2.24) is 9.80 Å². The molecule has 13 nitrogen and oxygen atoms in total. The number of alkyl halides is 3. The Hall–Kier alpha value is -5.22. The molecule has 0 aromatic heterocycles. The summed E-state index contributed by atoms with van der Waals surface area (Å²) in [5.74, 6) is 0.631. The molecule has 2 aliphatic rings. The van der Waals surface area contributed by atoms with E-state index in [0.717, 1.165) is 37.1 Å². The third-order valence-corrected chi connectivity index (χ3v) is 9.20. The first-order valence-electron chi connectivity index (χ1n) is 17.7. The number of likely N-dealkylation sites (N-methyl/N-ethyl adjacent to an activating group) is 1. The van der Waals surface area contributed by atoms with Crippen molar-refractivity contribution in [2.75, 3.05) is 56.1 Å². The number of hydrogen-bond acceptors (Lipinski definition) is 8. The first-order valence-corrected chi connectivity index (χ1v) is 17.7. The highest BCUT2D eigenvalue weighted by molar-refractivity contribution is 6.02. The molecule has 0 saturated heterocycles. The third kappa shape index (κ3) is 10.5. The number of carbonyl (C=O) groups excluding carboxylic acids is 3. The average Bonchev–Trinajstić information content (AvgIpc) is 3.60. The van der Waals surface area contributed by atoms with Crippen LogP contribution in [0.25, 0.3) is 0 Å². The second kappa shape index (κ2) is 17.7. The molecule has 3 aromatic carbocycles. The Bertz CT molecular complexity index is 1780. The lowest BCUT2D eigenvalue weighted by atomic mass is 10.0. The highest BCUT2D eigenvalue weighted by Gasteiger charge is 2.32. The Morgan fingerprint density at radius 3 is 2.28 bits per heavy atom. The molecule has 0 saturated carbocycles. The molecule has 54 heavy (non-hydrogen) atoms. The van der Waals surface area contributed by atoms with Crippen LogP contribution in [0.15, 0.2) is 60.7 Å². The zero-order chi connectivity index (χ0) is 39.0. The molecule has 16 heteroatoms. The molecule has 2 heterocycles. The minimum absolute atomic E-state index is 0.110. The first-order chi connectivity index (χ1) is 25.7. The number of aliphatic hydroxyl groups is 1. The molecule has 0 fully saturated rings.